The molecular formula is C30H25N3O3S. The van der Waals surface area contributed by atoms with Crippen molar-refractivity contribution < 1.29 is 14.3 Å². The Morgan fingerprint density at radius 2 is 1.68 bits per heavy atom. The number of aryl methyl sites for hydroxylation is 1. The third-order valence-electron chi connectivity index (χ3n) is 5.55. The molecule has 0 aliphatic rings. The molecule has 4 rings (SSSR count). The Morgan fingerprint density at radius 1 is 0.973 bits per heavy atom. The maximum Gasteiger partial charge on any atom is 0.338 e. The largest absolute Gasteiger partial charge is 0.462 e. The number of nitriles is 1. The second-order valence-electron chi connectivity index (χ2n) is 8.21. The van der Waals surface area contributed by atoms with Crippen molar-refractivity contribution in [3.63, 3.8) is 0 Å². The lowest BCUT2D eigenvalue weighted by Gasteiger charge is -2.13. The van der Waals surface area contributed by atoms with Gasteiger partial charge in [-0.25, -0.2) is 9.78 Å². The van der Waals surface area contributed by atoms with E-state index in [2.05, 4.69) is 11.4 Å². The first-order valence-corrected chi connectivity index (χ1v) is 12.7. The number of carbonyl (C=O) groups excluding carboxylic acids is 2. The highest BCUT2D eigenvalue weighted by molar-refractivity contribution is 8.00. The molecule has 0 unspecified atom stereocenters. The van der Waals surface area contributed by atoms with E-state index in [-0.39, 0.29) is 11.7 Å². The fraction of sp³-hybridized carbons (Fsp3) is 0.133. The highest BCUT2D eigenvalue weighted by Gasteiger charge is 2.17. The van der Waals surface area contributed by atoms with Crippen LogP contribution in [-0.4, -0.2) is 29.2 Å². The summed E-state index contributed by atoms with van der Waals surface area (Å²) in [5, 5.41) is 13.3. The number of carbonyl (C=O) groups is 2. The van der Waals surface area contributed by atoms with Crippen molar-refractivity contribution in [3.8, 4) is 28.5 Å². The second-order valence-corrected chi connectivity index (χ2v) is 9.18. The number of ether oxygens (including phenoxy) is 1. The van der Waals surface area contributed by atoms with E-state index in [9.17, 15) is 14.9 Å². The lowest BCUT2D eigenvalue weighted by molar-refractivity contribution is -0.113. The van der Waals surface area contributed by atoms with E-state index in [1.54, 1.807) is 31.2 Å². The van der Waals surface area contributed by atoms with Crippen molar-refractivity contribution in [2.75, 3.05) is 17.7 Å². The number of aromatic nitrogens is 1. The van der Waals surface area contributed by atoms with E-state index in [1.807, 2.05) is 67.6 Å². The van der Waals surface area contributed by atoms with Gasteiger partial charge in [0, 0.05) is 16.8 Å². The van der Waals surface area contributed by atoms with Crippen molar-refractivity contribution in [3.05, 3.63) is 102 Å². The quantitative estimate of drug-likeness (QED) is 0.216. The third kappa shape index (κ3) is 6.43. The number of esters is 1. The van der Waals surface area contributed by atoms with E-state index in [0.717, 1.165) is 27.9 Å². The number of amides is 1. The van der Waals surface area contributed by atoms with E-state index in [4.69, 9.17) is 9.72 Å². The molecule has 0 bridgehead atoms. The summed E-state index contributed by atoms with van der Waals surface area (Å²) in [7, 11) is 0. The Labute approximate surface area is 220 Å². The summed E-state index contributed by atoms with van der Waals surface area (Å²) in [6, 6.07) is 28.5. The summed E-state index contributed by atoms with van der Waals surface area (Å²) in [5.74, 6) is -0.595. The average molecular weight is 508 g/mol. The SMILES string of the molecule is CCOC(=O)c1ccc(NC(=O)CSc2nc(-c3ccc(C)cc3)cc(-c3ccccc3)c2C#N)cc1. The Kier molecular flexibility index (Phi) is 8.34. The van der Waals surface area contributed by atoms with Gasteiger partial charge in [0.05, 0.1) is 29.2 Å². The summed E-state index contributed by atoms with van der Waals surface area (Å²) in [6.07, 6.45) is 0. The first kappa shape index (κ1) is 25.7. The summed E-state index contributed by atoms with van der Waals surface area (Å²) in [4.78, 5) is 29.3. The predicted octanol–water partition coefficient (Wildman–Crippen LogP) is 6.50. The minimum Gasteiger partial charge on any atom is -0.462 e. The maximum atomic E-state index is 12.7. The fourth-order valence-corrected chi connectivity index (χ4v) is 4.49. The number of anilines is 1. The van der Waals surface area contributed by atoms with Gasteiger partial charge in [-0.05, 0) is 49.7 Å². The van der Waals surface area contributed by atoms with Gasteiger partial charge in [0.2, 0.25) is 5.91 Å². The zero-order chi connectivity index (χ0) is 26.2. The molecule has 0 saturated carbocycles. The third-order valence-corrected chi connectivity index (χ3v) is 6.53. The fourth-order valence-electron chi connectivity index (χ4n) is 3.69. The molecule has 7 heteroatoms. The summed E-state index contributed by atoms with van der Waals surface area (Å²) in [5.41, 5.74) is 5.88. The van der Waals surface area contributed by atoms with Crippen LogP contribution in [0.25, 0.3) is 22.4 Å². The lowest BCUT2D eigenvalue weighted by atomic mass is 9.99. The lowest BCUT2D eigenvalue weighted by Crippen LogP contribution is -2.14. The van der Waals surface area contributed by atoms with Crippen LogP contribution in [0.15, 0.2) is 90.0 Å². The number of hydrogen-bond acceptors (Lipinski definition) is 6. The van der Waals surface area contributed by atoms with Crippen LogP contribution in [0.5, 0.6) is 0 Å². The van der Waals surface area contributed by atoms with Crippen molar-refractivity contribution in [1.29, 1.82) is 5.26 Å². The minimum atomic E-state index is -0.409. The maximum absolute atomic E-state index is 12.7. The zero-order valence-corrected chi connectivity index (χ0v) is 21.3. The topological polar surface area (TPSA) is 92.1 Å². The summed E-state index contributed by atoms with van der Waals surface area (Å²) < 4.78 is 4.98. The predicted molar refractivity (Wildman–Crippen MR) is 146 cm³/mol. The first-order valence-electron chi connectivity index (χ1n) is 11.8. The number of nitrogens with zero attached hydrogens (tertiary/aromatic N) is 2. The van der Waals surface area contributed by atoms with Crippen molar-refractivity contribution in [2.24, 2.45) is 0 Å². The standard InChI is InChI=1S/C30H25N3O3S/c1-3-36-30(35)23-13-15-24(16-14-23)32-28(34)19-37-29-26(18-31)25(21-7-5-4-6-8-21)17-27(33-29)22-11-9-20(2)10-12-22/h4-17H,3,19H2,1-2H3,(H,32,34). The number of benzene rings is 3. The molecule has 0 radical (unpaired) electrons. The number of rotatable bonds is 8. The molecule has 0 saturated heterocycles. The van der Waals surface area contributed by atoms with Gasteiger partial charge in [0.1, 0.15) is 11.1 Å². The molecule has 1 heterocycles. The molecular weight excluding hydrogens is 482 g/mol. The van der Waals surface area contributed by atoms with Crippen LogP contribution in [0, 0.1) is 18.3 Å². The molecule has 3 aromatic carbocycles. The molecule has 1 amide bonds. The van der Waals surface area contributed by atoms with Gasteiger partial charge in [-0.2, -0.15) is 5.26 Å². The van der Waals surface area contributed by atoms with Crippen LogP contribution in [0.3, 0.4) is 0 Å². The van der Waals surface area contributed by atoms with Crippen molar-refractivity contribution in [1.82, 2.24) is 4.98 Å². The molecule has 1 N–H and O–H groups in total. The number of pyridine rings is 1. The number of hydrogen-bond donors (Lipinski definition) is 1. The van der Waals surface area contributed by atoms with Gasteiger partial charge in [-0.1, -0.05) is 71.9 Å². The van der Waals surface area contributed by atoms with Crippen LogP contribution in [0.4, 0.5) is 5.69 Å². The van der Waals surface area contributed by atoms with Crippen LogP contribution in [0.1, 0.15) is 28.4 Å². The molecule has 1 aromatic heterocycles. The monoisotopic (exact) mass is 507 g/mol. The van der Waals surface area contributed by atoms with Gasteiger partial charge in [0.25, 0.3) is 0 Å². The van der Waals surface area contributed by atoms with Gasteiger partial charge >= 0.3 is 5.97 Å². The summed E-state index contributed by atoms with van der Waals surface area (Å²) >= 11 is 1.21. The molecule has 6 nitrogen and oxygen atoms in total. The van der Waals surface area contributed by atoms with Gasteiger partial charge in [-0.3, -0.25) is 4.79 Å². The zero-order valence-electron chi connectivity index (χ0n) is 20.5. The molecule has 4 aromatic rings. The molecule has 0 aliphatic heterocycles. The molecule has 0 aliphatic carbocycles. The number of nitrogens with one attached hydrogen (secondary N) is 1. The Bertz CT molecular complexity index is 1440. The normalized spacial score (nSPS) is 10.4. The van der Waals surface area contributed by atoms with Crippen LogP contribution < -0.4 is 5.32 Å². The highest BCUT2D eigenvalue weighted by atomic mass is 32.2. The van der Waals surface area contributed by atoms with E-state index in [1.165, 1.54) is 11.8 Å². The van der Waals surface area contributed by atoms with Crippen LogP contribution in [-0.2, 0) is 9.53 Å². The molecule has 0 fully saturated rings. The average Bonchev–Trinajstić information content (AvgIpc) is 2.93. The van der Waals surface area contributed by atoms with Gasteiger partial charge < -0.3 is 10.1 Å². The first-order chi connectivity index (χ1) is 18.0. The summed E-state index contributed by atoms with van der Waals surface area (Å²) in [6.45, 7) is 4.07. The van der Waals surface area contributed by atoms with Crippen LogP contribution >= 0.6 is 11.8 Å². The Morgan fingerprint density at radius 3 is 2.32 bits per heavy atom. The molecule has 37 heavy (non-hydrogen) atoms. The molecule has 0 atom stereocenters. The van der Waals surface area contributed by atoms with E-state index < -0.39 is 5.97 Å². The smallest absolute Gasteiger partial charge is 0.338 e. The van der Waals surface area contributed by atoms with Crippen LogP contribution in [0.2, 0.25) is 0 Å². The van der Waals surface area contributed by atoms with Gasteiger partial charge in [0.15, 0.2) is 0 Å². The Hall–Kier alpha value is -4.41. The Balaban J connectivity index is 1.58. The van der Waals surface area contributed by atoms with Crippen molar-refractivity contribution >= 4 is 29.3 Å². The minimum absolute atomic E-state index is 0.0624. The van der Waals surface area contributed by atoms with Crippen molar-refractivity contribution in [2.45, 2.75) is 18.9 Å². The van der Waals surface area contributed by atoms with E-state index in [0.29, 0.717) is 28.4 Å². The number of thioether (sulfide) groups is 1. The van der Waals surface area contributed by atoms with E-state index >= 15 is 0 Å². The van der Waals surface area contributed by atoms with Gasteiger partial charge in [-0.15, -0.1) is 0 Å². The second kappa shape index (κ2) is 12.0. The highest BCUT2D eigenvalue weighted by Crippen LogP contribution is 2.34. The molecule has 184 valence electrons. The molecule has 0 spiro atoms.